The van der Waals surface area contributed by atoms with E-state index in [-0.39, 0.29) is 5.82 Å². The van der Waals surface area contributed by atoms with E-state index in [1.807, 2.05) is 30.3 Å². The molecule has 1 aromatic heterocycles. The molecule has 0 aliphatic carbocycles. The Morgan fingerprint density at radius 1 is 0.727 bits per heavy atom. The third-order valence-corrected chi connectivity index (χ3v) is 4.18. The van der Waals surface area contributed by atoms with Gasteiger partial charge in [-0.25, -0.2) is 4.39 Å². The van der Waals surface area contributed by atoms with Crippen molar-refractivity contribution in [2.24, 2.45) is 7.05 Å². The first-order valence-electron chi connectivity index (χ1n) is 7.31. The zero-order valence-electron chi connectivity index (χ0n) is 12.3. The number of aromatic nitrogens is 1. The zero-order chi connectivity index (χ0) is 15.1. The molecule has 0 bridgehead atoms. The van der Waals surface area contributed by atoms with Gasteiger partial charge in [0.1, 0.15) is 12.9 Å². The van der Waals surface area contributed by atoms with Crippen molar-refractivity contribution in [2.75, 3.05) is 0 Å². The fourth-order valence-corrected chi connectivity index (χ4v) is 3.18. The lowest BCUT2D eigenvalue weighted by Crippen LogP contribution is -2.30. The molecule has 0 unspecified atom stereocenters. The number of benzene rings is 3. The molecule has 0 amide bonds. The zero-order valence-corrected chi connectivity index (χ0v) is 12.3. The van der Waals surface area contributed by atoms with Crippen LogP contribution in [0.15, 0.2) is 72.8 Å². The maximum atomic E-state index is 13.7. The number of halogens is 1. The highest BCUT2D eigenvalue weighted by molar-refractivity contribution is 6.07. The minimum absolute atomic E-state index is 0.209. The molecule has 22 heavy (non-hydrogen) atoms. The van der Waals surface area contributed by atoms with E-state index in [1.54, 1.807) is 12.1 Å². The molecule has 0 atom stereocenters. The molecule has 0 aliphatic heterocycles. The van der Waals surface area contributed by atoms with Gasteiger partial charge in [0.25, 0.3) is 0 Å². The molecule has 0 spiro atoms. The highest BCUT2D eigenvalue weighted by Crippen LogP contribution is 2.33. The normalized spacial score (nSPS) is 11.2. The van der Waals surface area contributed by atoms with Crippen LogP contribution in [-0.4, -0.2) is 0 Å². The topological polar surface area (TPSA) is 3.88 Å². The summed E-state index contributed by atoms with van der Waals surface area (Å²) in [5.74, 6) is -0.209. The van der Waals surface area contributed by atoms with Gasteiger partial charge in [-0.05, 0) is 29.8 Å². The average Bonchev–Trinajstić information content (AvgIpc) is 2.55. The van der Waals surface area contributed by atoms with Gasteiger partial charge in [0.05, 0.1) is 10.8 Å². The summed E-state index contributed by atoms with van der Waals surface area (Å²) in [4.78, 5) is 0. The molecule has 4 rings (SSSR count). The Labute approximate surface area is 128 Å². The minimum atomic E-state index is -0.209. The van der Waals surface area contributed by atoms with Gasteiger partial charge >= 0.3 is 0 Å². The summed E-state index contributed by atoms with van der Waals surface area (Å²) in [6, 6.07) is 23.3. The number of para-hydroxylation sites is 2. The second-order valence-electron chi connectivity index (χ2n) is 5.48. The van der Waals surface area contributed by atoms with Crippen LogP contribution in [0, 0.1) is 5.82 Å². The number of nitrogens with zero attached hydrogens (tertiary/aromatic N) is 1. The number of fused-ring (bicyclic) bond motifs is 2. The van der Waals surface area contributed by atoms with Crippen LogP contribution in [0.25, 0.3) is 32.9 Å². The Kier molecular flexibility index (Phi) is 2.90. The van der Waals surface area contributed by atoms with Crippen LogP contribution in [0.4, 0.5) is 4.39 Å². The van der Waals surface area contributed by atoms with Gasteiger partial charge in [0.2, 0.25) is 11.0 Å². The van der Waals surface area contributed by atoms with Crippen molar-refractivity contribution in [3.8, 4) is 11.1 Å². The SMILES string of the molecule is C[n+]1c2ccccc2c(-c2cccc(F)c2)c2ccccc21. The summed E-state index contributed by atoms with van der Waals surface area (Å²) >= 11 is 0. The monoisotopic (exact) mass is 288 g/mol. The largest absolute Gasteiger partial charge is 0.213 e. The van der Waals surface area contributed by atoms with Crippen LogP contribution in [0.2, 0.25) is 0 Å². The molecular formula is C20H15FN+. The van der Waals surface area contributed by atoms with E-state index in [0.29, 0.717) is 0 Å². The number of rotatable bonds is 1. The van der Waals surface area contributed by atoms with E-state index in [4.69, 9.17) is 0 Å². The lowest BCUT2D eigenvalue weighted by molar-refractivity contribution is -0.617. The van der Waals surface area contributed by atoms with Gasteiger partial charge in [-0.2, -0.15) is 4.57 Å². The van der Waals surface area contributed by atoms with Crippen molar-refractivity contribution < 1.29 is 8.96 Å². The number of hydrogen-bond acceptors (Lipinski definition) is 0. The molecular weight excluding hydrogens is 273 g/mol. The fourth-order valence-electron chi connectivity index (χ4n) is 3.18. The average molecular weight is 288 g/mol. The lowest BCUT2D eigenvalue weighted by Gasteiger charge is -2.10. The van der Waals surface area contributed by atoms with E-state index < -0.39 is 0 Å². The first-order chi connectivity index (χ1) is 10.8. The molecule has 0 saturated heterocycles. The molecule has 0 saturated carbocycles. The molecule has 1 nitrogen and oxygen atoms in total. The van der Waals surface area contributed by atoms with Gasteiger partial charge < -0.3 is 0 Å². The maximum absolute atomic E-state index is 13.7. The van der Waals surface area contributed by atoms with Crippen LogP contribution < -0.4 is 4.57 Å². The summed E-state index contributed by atoms with van der Waals surface area (Å²) in [6.45, 7) is 0. The standard InChI is InChI=1S/C20H15FN/c1-22-18-11-4-2-9-16(18)20(14-7-6-8-15(21)13-14)17-10-3-5-12-19(17)22/h2-13H,1H3/q+1. The Morgan fingerprint density at radius 3 is 1.91 bits per heavy atom. The van der Waals surface area contributed by atoms with Crippen LogP contribution in [0.1, 0.15) is 0 Å². The summed E-state index contributed by atoms with van der Waals surface area (Å²) in [6.07, 6.45) is 0. The predicted molar refractivity (Wildman–Crippen MR) is 88.0 cm³/mol. The molecule has 4 aromatic rings. The number of hydrogen-bond donors (Lipinski definition) is 0. The fraction of sp³-hybridized carbons (Fsp3) is 0.0500. The highest BCUT2D eigenvalue weighted by atomic mass is 19.1. The van der Waals surface area contributed by atoms with Gasteiger partial charge in [-0.15, -0.1) is 0 Å². The number of pyridine rings is 1. The van der Waals surface area contributed by atoms with Crippen molar-refractivity contribution in [3.05, 3.63) is 78.6 Å². The first kappa shape index (κ1) is 13.0. The Bertz CT molecular complexity index is 948. The molecule has 0 fully saturated rings. The molecule has 1 heterocycles. The van der Waals surface area contributed by atoms with E-state index >= 15 is 0 Å². The van der Waals surface area contributed by atoms with Crippen molar-refractivity contribution in [2.45, 2.75) is 0 Å². The van der Waals surface area contributed by atoms with Crippen molar-refractivity contribution >= 4 is 21.8 Å². The number of aryl methyl sites for hydroxylation is 1. The van der Waals surface area contributed by atoms with Gasteiger partial charge in [0.15, 0.2) is 0 Å². The molecule has 0 aliphatic rings. The van der Waals surface area contributed by atoms with Crippen molar-refractivity contribution in [3.63, 3.8) is 0 Å². The third-order valence-electron chi connectivity index (χ3n) is 4.18. The predicted octanol–water partition coefficient (Wildman–Crippen LogP) is 4.62. The van der Waals surface area contributed by atoms with Gasteiger partial charge in [-0.1, -0.05) is 36.4 Å². The van der Waals surface area contributed by atoms with E-state index in [2.05, 4.69) is 35.9 Å². The highest BCUT2D eigenvalue weighted by Gasteiger charge is 2.18. The van der Waals surface area contributed by atoms with E-state index in [1.165, 1.54) is 6.07 Å². The summed E-state index contributed by atoms with van der Waals surface area (Å²) in [7, 11) is 2.07. The van der Waals surface area contributed by atoms with Gasteiger partial charge in [0, 0.05) is 17.7 Å². The Hall–Kier alpha value is -2.74. The first-order valence-corrected chi connectivity index (χ1v) is 7.31. The maximum Gasteiger partial charge on any atom is 0.213 e. The van der Waals surface area contributed by atoms with E-state index in [9.17, 15) is 4.39 Å². The Morgan fingerprint density at radius 2 is 1.32 bits per heavy atom. The summed E-state index contributed by atoms with van der Waals surface area (Å²) in [5, 5.41) is 2.27. The third kappa shape index (κ3) is 1.88. The van der Waals surface area contributed by atoms with E-state index in [0.717, 1.165) is 32.9 Å². The van der Waals surface area contributed by atoms with Crippen LogP contribution >= 0.6 is 0 Å². The van der Waals surface area contributed by atoms with Crippen molar-refractivity contribution in [1.82, 2.24) is 0 Å². The van der Waals surface area contributed by atoms with Crippen molar-refractivity contribution in [1.29, 1.82) is 0 Å². The Balaban J connectivity index is 2.26. The van der Waals surface area contributed by atoms with Crippen LogP contribution in [0.5, 0.6) is 0 Å². The summed E-state index contributed by atoms with van der Waals surface area (Å²) < 4.78 is 15.9. The van der Waals surface area contributed by atoms with Crippen LogP contribution in [0.3, 0.4) is 0 Å². The van der Waals surface area contributed by atoms with Crippen LogP contribution in [-0.2, 0) is 7.05 Å². The molecule has 3 aromatic carbocycles. The molecule has 2 heteroatoms. The second kappa shape index (κ2) is 4.92. The minimum Gasteiger partial charge on any atom is -0.207 e. The summed E-state index contributed by atoms with van der Waals surface area (Å²) in [5.41, 5.74) is 4.28. The van der Waals surface area contributed by atoms with Gasteiger partial charge in [-0.3, -0.25) is 0 Å². The molecule has 106 valence electrons. The second-order valence-corrected chi connectivity index (χ2v) is 5.48. The molecule has 0 N–H and O–H groups in total. The molecule has 0 radical (unpaired) electrons. The quantitative estimate of drug-likeness (QED) is 0.355. The lowest BCUT2D eigenvalue weighted by atomic mass is 9.96. The smallest absolute Gasteiger partial charge is 0.207 e.